The molecule has 10 heteroatoms. The smallest absolute Gasteiger partial charge is 0.261 e. The van der Waals surface area contributed by atoms with Crippen LogP contribution in [0.3, 0.4) is 0 Å². The summed E-state index contributed by atoms with van der Waals surface area (Å²) in [5, 5.41) is 6.35. The first-order valence-corrected chi connectivity index (χ1v) is 13.3. The molecule has 32 heavy (non-hydrogen) atoms. The van der Waals surface area contributed by atoms with Gasteiger partial charge in [0.1, 0.15) is 5.60 Å². The van der Waals surface area contributed by atoms with E-state index in [2.05, 4.69) is 15.6 Å². The number of nitrogens with zero attached hydrogens (tertiary/aromatic N) is 1. The Morgan fingerprint density at radius 2 is 2.00 bits per heavy atom. The van der Waals surface area contributed by atoms with Crippen molar-refractivity contribution < 1.29 is 17.9 Å². The maximum atomic E-state index is 12.9. The summed E-state index contributed by atoms with van der Waals surface area (Å²) in [7, 11) is -3.27. The average Bonchev–Trinajstić information content (AvgIpc) is 3.36. The topological polar surface area (TPSA) is 97.4 Å². The molecule has 2 spiro atoms. The second kappa shape index (κ2) is 8.68. The number of hydrogen-bond acceptors (Lipinski definition) is 7. The first kappa shape index (κ1) is 23.6. The first-order chi connectivity index (χ1) is 14.8. The molecule has 0 radical (unpaired) electrons. The Morgan fingerprint density at radius 1 is 1.25 bits per heavy atom. The summed E-state index contributed by atoms with van der Waals surface area (Å²) in [6.07, 6.45) is 6.36. The predicted molar refractivity (Wildman–Crippen MR) is 125 cm³/mol. The summed E-state index contributed by atoms with van der Waals surface area (Å²) in [5.41, 5.74) is 1.64. The minimum Gasteiger partial charge on any atom is -0.363 e. The molecule has 1 aliphatic carbocycles. The second-order valence-electron chi connectivity index (χ2n) is 8.74. The van der Waals surface area contributed by atoms with Gasteiger partial charge in [0.15, 0.2) is 9.84 Å². The van der Waals surface area contributed by atoms with Crippen LogP contribution in [0.1, 0.15) is 58.4 Å². The third-order valence-corrected chi connectivity index (χ3v) is 9.64. The standard InChI is InChI=1S/C22H27N3O4S2.ClH/c1-2-31(27,28)17-4-3-16(24-14-17)13-25-20(26)18-11-15-12-21(5-6-21)29-22(19(15)30-18)7-9-23-10-8-22;/h3-4,11,14,23H,2,5-10,12-13H2,1H3,(H,25,26);1H. The predicted octanol–water partition coefficient (Wildman–Crippen LogP) is 2.97. The van der Waals surface area contributed by atoms with Gasteiger partial charge < -0.3 is 15.4 Å². The van der Waals surface area contributed by atoms with Gasteiger partial charge in [-0.3, -0.25) is 9.78 Å². The van der Waals surface area contributed by atoms with E-state index in [0.29, 0.717) is 10.6 Å². The van der Waals surface area contributed by atoms with E-state index in [-0.39, 0.29) is 46.7 Å². The zero-order valence-corrected chi connectivity index (χ0v) is 20.4. The molecule has 2 fully saturated rings. The van der Waals surface area contributed by atoms with Gasteiger partial charge in [-0.1, -0.05) is 6.92 Å². The maximum absolute atomic E-state index is 12.9. The molecule has 174 valence electrons. The van der Waals surface area contributed by atoms with Gasteiger partial charge in [0, 0.05) is 17.5 Å². The van der Waals surface area contributed by atoms with Crippen LogP contribution in [-0.2, 0) is 33.1 Å². The van der Waals surface area contributed by atoms with Crippen molar-refractivity contribution in [3.8, 4) is 0 Å². The molecular formula is C22H28ClN3O4S2. The molecule has 0 aromatic carbocycles. The summed E-state index contributed by atoms with van der Waals surface area (Å²) < 4.78 is 30.5. The number of nitrogens with one attached hydrogen (secondary N) is 2. The quantitative estimate of drug-likeness (QED) is 0.659. The van der Waals surface area contributed by atoms with E-state index in [4.69, 9.17) is 4.74 Å². The van der Waals surface area contributed by atoms with Crippen LogP contribution in [0, 0.1) is 0 Å². The SMILES string of the molecule is CCS(=O)(=O)c1ccc(CNC(=O)c2cc3c(s2)C2(CCNCC2)OC2(CC2)C3)nc1.Cl. The fourth-order valence-corrected chi connectivity index (χ4v) is 6.71. The van der Waals surface area contributed by atoms with Crippen LogP contribution in [0.4, 0.5) is 0 Å². The van der Waals surface area contributed by atoms with Gasteiger partial charge in [-0.15, -0.1) is 23.7 Å². The van der Waals surface area contributed by atoms with Crippen molar-refractivity contribution in [1.82, 2.24) is 15.6 Å². The lowest BCUT2D eigenvalue weighted by molar-refractivity contribution is -0.138. The van der Waals surface area contributed by atoms with Crippen molar-refractivity contribution in [1.29, 1.82) is 0 Å². The van der Waals surface area contributed by atoms with Crippen LogP contribution in [0.2, 0.25) is 0 Å². The lowest BCUT2D eigenvalue weighted by Gasteiger charge is -2.44. The minimum absolute atomic E-state index is 0. The molecule has 5 rings (SSSR count). The molecule has 3 aliphatic rings. The van der Waals surface area contributed by atoms with Gasteiger partial charge in [0.25, 0.3) is 5.91 Å². The number of carbonyl (C=O) groups excluding carboxylic acids is 1. The monoisotopic (exact) mass is 497 g/mol. The van der Waals surface area contributed by atoms with E-state index in [9.17, 15) is 13.2 Å². The molecule has 0 atom stereocenters. The van der Waals surface area contributed by atoms with Gasteiger partial charge in [-0.25, -0.2) is 8.42 Å². The van der Waals surface area contributed by atoms with E-state index in [0.717, 1.165) is 45.2 Å². The number of ether oxygens (including phenoxy) is 1. The van der Waals surface area contributed by atoms with Crippen molar-refractivity contribution >= 4 is 39.5 Å². The van der Waals surface area contributed by atoms with Crippen molar-refractivity contribution in [2.24, 2.45) is 0 Å². The van der Waals surface area contributed by atoms with Crippen LogP contribution in [-0.4, -0.2) is 43.8 Å². The number of sulfone groups is 1. The van der Waals surface area contributed by atoms with E-state index in [1.54, 1.807) is 30.4 Å². The first-order valence-electron chi connectivity index (χ1n) is 10.8. The van der Waals surface area contributed by atoms with E-state index in [1.807, 2.05) is 6.07 Å². The number of thiophene rings is 1. The molecule has 1 saturated carbocycles. The van der Waals surface area contributed by atoms with Gasteiger partial charge in [0.2, 0.25) is 0 Å². The second-order valence-corrected chi connectivity index (χ2v) is 12.1. The molecule has 1 saturated heterocycles. The number of halogens is 1. The van der Waals surface area contributed by atoms with Crippen molar-refractivity contribution in [2.45, 2.75) is 61.7 Å². The molecule has 2 aromatic heterocycles. The molecular weight excluding hydrogens is 470 g/mol. The summed E-state index contributed by atoms with van der Waals surface area (Å²) >= 11 is 1.56. The van der Waals surface area contributed by atoms with Gasteiger partial charge in [-0.05, 0) is 62.5 Å². The van der Waals surface area contributed by atoms with Crippen LogP contribution >= 0.6 is 23.7 Å². The Labute approximate surface area is 198 Å². The summed E-state index contributed by atoms with van der Waals surface area (Å²) in [4.78, 5) is 19.2. The third kappa shape index (κ3) is 4.33. The zero-order chi connectivity index (χ0) is 21.7. The Kier molecular flexibility index (Phi) is 6.41. The summed E-state index contributed by atoms with van der Waals surface area (Å²) in [6.45, 7) is 3.73. The number of fused-ring (bicyclic) bond motifs is 2. The molecule has 7 nitrogen and oxygen atoms in total. The van der Waals surface area contributed by atoms with Crippen molar-refractivity contribution in [2.75, 3.05) is 18.8 Å². The number of piperidine rings is 1. The Bertz CT molecular complexity index is 1100. The van der Waals surface area contributed by atoms with Gasteiger partial charge >= 0.3 is 0 Å². The lowest BCUT2D eigenvalue weighted by Crippen LogP contribution is -2.47. The summed E-state index contributed by atoms with van der Waals surface area (Å²) in [5.74, 6) is -0.0866. The summed E-state index contributed by atoms with van der Waals surface area (Å²) in [6, 6.07) is 5.24. The Morgan fingerprint density at radius 3 is 2.62 bits per heavy atom. The highest BCUT2D eigenvalue weighted by Crippen LogP contribution is 2.56. The van der Waals surface area contributed by atoms with Crippen molar-refractivity contribution in [3.05, 3.63) is 45.4 Å². The van der Waals surface area contributed by atoms with Gasteiger partial charge in [-0.2, -0.15) is 0 Å². The maximum Gasteiger partial charge on any atom is 0.261 e. The largest absolute Gasteiger partial charge is 0.363 e. The molecule has 1 amide bonds. The highest BCUT2D eigenvalue weighted by Gasteiger charge is 2.56. The molecule has 2 N–H and O–H groups in total. The number of amides is 1. The fraction of sp³-hybridized carbons (Fsp3) is 0.545. The molecule has 2 aliphatic heterocycles. The van der Waals surface area contributed by atoms with Gasteiger partial charge in [0.05, 0.1) is 33.4 Å². The number of pyridine rings is 1. The molecule has 4 heterocycles. The number of rotatable bonds is 5. The Hall–Kier alpha value is -1.52. The van der Waals surface area contributed by atoms with Crippen molar-refractivity contribution in [3.63, 3.8) is 0 Å². The van der Waals surface area contributed by atoms with E-state index in [1.165, 1.54) is 16.6 Å². The minimum atomic E-state index is -3.27. The number of hydrogen-bond donors (Lipinski definition) is 2. The lowest BCUT2D eigenvalue weighted by atomic mass is 9.84. The zero-order valence-electron chi connectivity index (χ0n) is 18.0. The Balaban J connectivity index is 0.00000245. The van der Waals surface area contributed by atoms with E-state index < -0.39 is 9.84 Å². The highest BCUT2D eigenvalue weighted by atomic mass is 35.5. The van der Waals surface area contributed by atoms with E-state index >= 15 is 0 Å². The number of carbonyl (C=O) groups is 1. The fourth-order valence-electron chi connectivity index (χ4n) is 4.60. The van der Waals surface area contributed by atoms with Crippen LogP contribution in [0.15, 0.2) is 29.3 Å². The van der Waals surface area contributed by atoms with Crippen LogP contribution in [0.5, 0.6) is 0 Å². The van der Waals surface area contributed by atoms with Crippen LogP contribution in [0.25, 0.3) is 0 Å². The number of aromatic nitrogens is 1. The average molecular weight is 498 g/mol. The third-order valence-electron chi connectivity index (χ3n) is 6.56. The highest BCUT2D eigenvalue weighted by molar-refractivity contribution is 7.91. The molecule has 2 aromatic rings. The normalized spacial score (nSPS) is 20.4. The molecule has 0 bridgehead atoms. The molecule has 0 unspecified atom stereocenters. The van der Waals surface area contributed by atoms with Crippen LogP contribution < -0.4 is 10.6 Å².